The summed E-state index contributed by atoms with van der Waals surface area (Å²) in [5.41, 5.74) is 1.95. The van der Waals surface area contributed by atoms with Gasteiger partial charge < -0.3 is 14.2 Å². The zero-order valence-electron chi connectivity index (χ0n) is 27.5. The van der Waals surface area contributed by atoms with Crippen LogP contribution < -0.4 is 4.74 Å². The molecule has 2 aromatic heterocycles. The normalized spacial score (nSPS) is 18.9. The number of nitrogens with zero attached hydrogens (tertiary/aromatic N) is 5. The fourth-order valence-corrected chi connectivity index (χ4v) is 4.96. The smallest absolute Gasteiger partial charge is 0.149 e. The van der Waals surface area contributed by atoms with Gasteiger partial charge in [0, 0.05) is 52.0 Å². The fraction of sp³-hybridized carbons (Fsp3) is 0.588. The zero-order valence-corrected chi connectivity index (χ0v) is 26.5. The molecule has 222 valence electrons. The first-order valence-corrected chi connectivity index (χ1v) is 15.5. The molecule has 5 rings (SSSR count). The Morgan fingerprint density at radius 2 is 1.50 bits per heavy atom. The highest BCUT2D eigenvalue weighted by molar-refractivity contribution is 5.83. The number of hydrogen-bond donors (Lipinski definition) is 0. The summed E-state index contributed by atoms with van der Waals surface area (Å²) in [5, 5.41) is 1.01. The van der Waals surface area contributed by atoms with Gasteiger partial charge in [-0.3, -0.25) is 4.90 Å². The molecule has 0 unspecified atom stereocenters. The number of hydrogen-bond acceptors (Lipinski definition) is 5. The van der Waals surface area contributed by atoms with Crippen LogP contribution in [0, 0.1) is 11.8 Å². The first-order valence-electron chi connectivity index (χ1n) is 16.3. The quantitative estimate of drug-likeness (QED) is 0.312. The molecule has 0 atom stereocenters. The van der Waals surface area contributed by atoms with Gasteiger partial charge in [-0.25, -0.2) is 9.97 Å². The Kier molecular flexibility index (Phi) is 17.5. The molecule has 1 aliphatic heterocycles. The minimum absolute atomic E-state index is 0.350. The van der Waals surface area contributed by atoms with E-state index in [0.29, 0.717) is 25.7 Å². The average molecular weight is 551 g/mol. The van der Waals surface area contributed by atoms with Gasteiger partial charge in [0.15, 0.2) is 0 Å². The van der Waals surface area contributed by atoms with Gasteiger partial charge in [0.05, 0.1) is 10.9 Å². The van der Waals surface area contributed by atoms with Crippen LogP contribution in [0.15, 0.2) is 49.1 Å². The summed E-state index contributed by atoms with van der Waals surface area (Å²) in [4.78, 5) is 13.7. The number of rotatable bonds is 4. The third-order valence-corrected chi connectivity index (χ3v) is 6.75. The highest BCUT2D eigenvalue weighted by Gasteiger charge is 2.29. The predicted molar refractivity (Wildman–Crippen MR) is 172 cm³/mol. The molecule has 0 spiro atoms. The van der Waals surface area contributed by atoms with Crippen LogP contribution in [-0.4, -0.2) is 70.2 Å². The second kappa shape index (κ2) is 20.9. The number of fused-ring (bicyclic) bond motifs is 1. The molecule has 40 heavy (non-hydrogen) atoms. The van der Waals surface area contributed by atoms with E-state index >= 15 is 0 Å². The summed E-state index contributed by atoms with van der Waals surface area (Å²) in [6.07, 6.45) is 10.4. The van der Waals surface area contributed by atoms with Crippen molar-refractivity contribution in [2.75, 3.05) is 39.8 Å². The molecule has 1 saturated heterocycles. The molecule has 0 N–H and O–H groups in total. The summed E-state index contributed by atoms with van der Waals surface area (Å²) < 4.78 is 15.6. The largest absolute Gasteiger partial charge is 0.481 e. The molecule has 2 fully saturated rings. The zero-order chi connectivity index (χ0) is 30.5. The Labute approximate surface area is 246 Å². The maximum absolute atomic E-state index is 7.57. The lowest BCUT2D eigenvalue weighted by atomic mass is 9.89. The van der Waals surface area contributed by atoms with Crippen molar-refractivity contribution in [3.05, 3.63) is 54.6 Å². The molecule has 1 saturated carbocycles. The van der Waals surface area contributed by atoms with Gasteiger partial charge in [-0.2, -0.15) is 0 Å². The van der Waals surface area contributed by atoms with Crippen molar-refractivity contribution >= 4 is 11.0 Å². The lowest BCUT2D eigenvalue weighted by Gasteiger charge is -2.41. The van der Waals surface area contributed by atoms with Gasteiger partial charge in [0.25, 0.3) is 0 Å². The lowest BCUT2D eigenvalue weighted by Crippen LogP contribution is -2.49. The summed E-state index contributed by atoms with van der Waals surface area (Å²) in [5.74, 6) is 7.26. The van der Waals surface area contributed by atoms with Gasteiger partial charge in [0.1, 0.15) is 24.3 Å². The Morgan fingerprint density at radius 1 is 0.875 bits per heavy atom. The number of benzene rings is 1. The van der Waals surface area contributed by atoms with Crippen LogP contribution in [0.1, 0.15) is 94.0 Å². The summed E-state index contributed by atoms with van der Waals surface area (Å²) >= 11 is 0. The van der Waals surface area contributed by atoms with E-state index in [0.717, 1.165) is 61.4 Å². The van der Waals surface area contributed by atoms with E-state index in [-0.39, 0.29) is 0 Å². The highest BCUT2D eigenvalue weighted by atomic mass is 16.5. The number of para-hydroxylation sites is 1. The van der Waals surface area contributed by atoms with Gasteiger partial charge in [-0.05, 0) is 44.8 Å². The van der Waals surface area contributed by atoms with Crippen molar-refractivity contribution in [1.82, 2.24) is 24.3 Å². The number of ether oxygens (including phenoxy) is 1. The molecule has 1 aromatic carbocycles. The Morgan fingerprint density at radius 3 is 2.12 bits per heavy atom. The molecule has 2 aliphatic rings. The van der Waals surface area contributed by atoms with E-state index in [1.807, 2.05) is 91.9 Å². The van der Waals surface area contributed by atoms with Crippen molar-refractivity contribution in [2.45, 2.75) is 93.2 Å². The Hall–Kier alpha value is -2.88. The van der Waals surface area contributed by atoms with Gasteiger partial charge >= 0.3 is 0 Å². The molecule has 0 amide bonds. The molecule has 3 heterocycles. The number of piperazine rings is 1. The van der Waals surface area contributed by atoms with Crippen molar-refractivity contribution in [3.63, 3.8) is 0 Å². The first kappa shape index (κ1) is 33.3. The summed E-state index contributed by atoms with van der Waals surface area (Å²) in [7, 11) is 0.423. The SMILES string of the molecule is CC.CC.CC.CC.[2H]CN1CCN(C2CCC(n3cc(C#CCOc4ccccc4)c4cncnc43)CC2)CC1. The molecule has 3 aromatic rings. The molecular weight excluding hydrogens is 494 g/mol. The Bertz CT molecular complexity index is 1110. The lowest BCUT2D eigenvalue weighted by molar-refractivity contribution is 0.0827. The van der Waals surface area contributed by atoms with Gasteiger partial charge in [-0.1, -0.05) is 85.4 Å². The van der Waals surface area contributed by atoms with Crippen molar-refractivity contribution in [2.24, 2.45) is 0 Å². The van der Waals surface area contributed by atoms with E-state index < -0.39 is 0 Å². The predicted octanol–water partition coefficient (Wildman–Crippen LogP) is 7.70. The minimum atomic E-state index is 0.350. The van der Waals surface area contributed by atoms with E-state index in [4.69, 9.17) is 6.11 Å². The van der Waals surface area contributed by atoms with E-state index in [2.05, 4.69) is 42.4 Å². The minimum Gasteiger partial charge on any atom is -0.481 e. The second-order valence-corrected chi connectivity index (χ2v) is 8.73. The van der Waals surface area contributed by atoms with Crippen molar-refractivity contribution < 1.29 is 6.11 Å². The molecule has 0 radical (unpaired) electrons. The maximum atomic E-state index is 7.57. The van der Waals surface area contributed by atoms with E-state index in [9.17, 15) is 0 Å². The molecular formula is C34H55N5O. The summed E-state index contributed by atoms with van der Waals surface area (Å²) in [6.45, 7) is 20.6. The van der Waals surface area contributed by atoms with E-state index in [1.165, 1.54) is 12.8 Å². The molecule has 1 aliphatic carbocycles. The third kappa shape index (κ3) is 10.3. The topological polar surface area (TPSA) is 46.4 Å². The van der Waals surface area contributed by atoms with Crippen LogP contribution in [0.4, 0.5) is 0 Å². The van der Waals surface area contributed by atoms with E-state index in [1.54, 1.807) is 6.33 Å². The number of aromatic nitrogens is 3. The molecule has 6 heteroatoms. The Balaban J connectivity index is 0.000000969. The van der Waals surface area contributed by atoms with Crippen molar-refractivity contribution in [1.29, 1.82) is 0 Å². The maximum Gasteiger partial charge on any atom is 0.149 e. The van der Waals surface area contributed by atoms with Crippen LogP contribution in [0.2, 0.25) is 0 Å². The second-order valence-electron chi connectivity index (χ2n) is 8.73. The van der Waals surface area contributed by atoms with Gasteiger partial charge in [0.2, 0.25) is 0 Å². The number of likely N-dealkylation sites (N-methyl/N-ethyl adjacent to an activating group) is 1. The van der Waals surface area contributed by atoms with Crippen molar-refractivity contribution in [3.8, 4) is 17.6 Å². The monoisotopic (exact) mass is 550 g/mol. The van der Waals surface area contributed by atoms with Crippen LogP contribution in [0.25, 0.3) is 11.0 Å². The summed E-state index contributed by atoms with van der Waals surface area (Å²) in [6, 6.07) is 10.9. The third-order valence-electron chi connectivity index (χ3n) is 6.75. The highest BCUT2D eigenvalue weighted by Crippen LogP contribution is 2.34. The van der Waals surface area contributed by atoms with Crippen LogP contribution in [-0.2, 0) is 0 Å². The van der Waals surface area contributed by atoms with Gasteiger partial charge in [-0.15, -0.1) is 0 Å². The first-order chi connectivity index (χ1) is 20.3. The molecule has 6 nitrogen and oxygen atoms in total. The average Bonchev–Trinajstić information content (AvgIpc) is 3.46. The fourth-order valence-electron chi connectivity index (χ4n) is 4.96. The van der Waals surface area contributed by atoms with Crippen LogP contribution >= 0.6 is 0 Å². The standard InChI is InChI=1S/C26H31N5O.4C2H6/c1-29-13-15-30(16-14-29)22-9-11-23(12-10-22)31-19-21(25-18-27-20-28-26(25)31)6-5-17-32-24-7-3-2-4-8-24;4*1-2/h2-4,7-8,18-20,22-23H,9-17H2,1H3;4*1-2H3/i1D;;;;. The molecule has 0 bridgehead atoms. The van der Waals surface area contributed by atoms with Crippen LogP contribution in [0.3, 0.4) is 0 Å². The van der Waals surface area contributed by atoms with Crippen LogP contribution in [0.5, 0.6) is 5.75 Å².